The normalized spacial score (nSPS) is 9.75. The van der Waals surface area contributed by atoms with Crippen molar-refractivity contribution in [1.29, 1.82) is 0 Å². The molecule has 0 fully saturated rings. The van der Waals surface area contributed by atoms with E-state index in [4.69, 9.17) is 21.7 Å². The molecule has 0 saturated carbocycles. The van der Waals surface area contributed by atoms with Crippen LogP contribution in [0.2, 0.25) is 0 Å². The first-order valence-corrected chi connectivity index (χ1v) is 6.47. The molecule has 1 aromatic rings. The van der Waals surface area contributed by atoms with E-state index < -0.39 is 0 Å². The third kappa shape index (κ3) is 5.41. The molecular weight excluding hydrogens is 278 g/mol. The van der Waals surface area contributed by atoms with E-state index in [-0.39, 0.29) is 5.91 Å². The summed E-state index contributed by atoms with van der Waals surface area (Å²) >= 11 is 5.17. The molecule has 0 radical (unpaired) electrons. The second kappa shape index (κ2) is 8.34. The lowest BCUT2D eigenvalue weighted by molar-refractivity contribution is -0.114. The van der Waals surface area contributed by atoms with Crippen molar-refractivity contribution in [1.82, 2.24) is 5.32 Å². The van der Waals surface area contributed by atoms with Gasteiger partial charge in [0.1, 0.15) is 5.75 Å². The Morgan fingerprint density at radius 2 is 2.05 bits per heavy atom. The van der Waals surface area contributed by atoms with E-state index in [2.05, 4.69) is 16.0 Å². The van der Waals surface area contributed by atoms with Crippen LogP contribution in [0.3, 0.4) is 0 Å². The van der Waals surface area contributed by atoms with Gasteiger partial charge in [-0.2, -0.15) is 0 Å². The van der Waals surface area contributed by atoms with Gasteiger partial charge in [-0.3, -0.25) is 4.79 Å². The van der Waals surface area contributed by atoms with Crippen LogP contribution >= 0.6 is 12.2 Å². The zero-order valence-electron chi connectivity index (χ0n) is 11.8. The van der Waals surface area contributed by atoms with Gasteiger partial charge in [-0.25, -0.2) is 0 Å². The van der Waals surface area contributed by atoms with Crippen LogP contribution in [0.15, 0.2) is 18.2 Å². The summed E-state index contributed by atoms with van der Waals surface area (Å²) in [5.41, 5.74) is 1.34. The third-order valence-corrected chi connectivity index (χ3v) is 2.61. The van der Waals surface area contributed by atoms with Gasteiger partial charge in [-0.05, 0) is 30.4 Å². The number of hydrogen-bond donors (Lipinski definition) is 3. The monoisotopic (exact) mass is 297 g/mol. The number of thiocarbonyl (C=S) groups is 1. The van der Waals surface area contributed by atoms with Crippen LogP contribution in [0.4, 0.5) is 11.4 Å². The van der Waals surface area contributed by atoms with Gasteiger partial charge >= 0.3 is 0 Å². The van der Waals surface area contributed by atoms with Crippen LogP contribution in [0, 0.1) is 0 Å². The summed E-state index contributed by atoms with van der Waals surface area (Å²) in [6.45, 7) is 2.62. The SMILES string of the molecule is COCCNC(=S)Nc1cc(NC(C)=O)ccc1OC. The van der Waals surface area contributed by atoms with Crippen molar-refractivity contribution in [3.05, 3.63) is 18.2 Å². The Kier molecular flexibility index (Phi) is 6.75. The summed E-state index contributed by atoms with van der Waals surface area (Å²) in [4.78, 5) is 11.1. The molecule has 0 atom stereocenters. The Labute approximate surface area is 123 Å². The summed E-state index contributed by atoms with van der Waals surface area (Å²) in [5.74, 6) is 0.497. The number of ether oxygens (including phenoxy) is 2. The molecule has 0 aliphatic carbocycles. The number of methoxy groups -OCH3 is 2. The van der Waals surface area contributed by atoms with E-state index >= 15 is 0 Å². The quantitative estimate of drug-likeness (QED) is 0.547. The standard InChI is InChI=1S/C13H19N3O3S/c1-9(17)15-10-4-5-12(19-3)11(8-10)16-13(20)14-6-7-18-2/h4-5,8H,6-7H2,1-3H3,(H,15,17)(H2,14,16,20). The summed E-state index contributed by atoms with van der Waals surface area (Å²) in [5, 5.41) is 9.18. The predicted molar refractivity (Wildman–Crippen MR) is 83.4 cm³/mol. The van der Waals surface area contributed by atoms with Crippen molar-refractivity contribution in [2.45, 2.75) is 6.92 Å². The number of carbonyl (C=O) groups is 1. The molecule has 3 N–H and O–H groups in total. The minimum atomic E-state index is -0.137. The van der Waals surface area contributed by atoms with Gasteiger partial charge in [-0.1, -0.05) is 0 Å². The Morgan fingerprint density at radius 1 is 1.30 bits per heavy atom. The maximum absolute atomic E-state index is 11.1. The number of benzene rings is 1. The lowest BCUT2D eigenvalue weighted by Crippen LogP contribution is -2.31. The Balaban J connectivity index is 2.74. The van der Waals surface area contributed by atoms with Crippen molar-refractivity contribution < 1.29 is 14.3 Å². The van der Waals surface area contributed by atoms with Crippen LogP contribution in [0.5, 0.6) is 5.75 Å². The van der Waals surface area contributed by atoms with Crippen LogP contribution in [0.25, 0.3) is 0 Å². The van der Waals surface area contributed by atoms with Gasteiger partial charge < -0.3 is 25.4 Å². The molecule has 0 aliphatic rings. The molecule has 6 nitrogen and oxygen atoms in total. The van der Waals surface area contributed by atoms with Crippen LogP contribution in [0.1, 0.15) is 6.92 Å². The predicted octanol–water partition coefficient (Wildman–Crippen LogP) is 1.59. The van der Waals surface area contributed by atoms with Gasteiger partial charge in [0.15, 0.2) is 5.11 Å². The highest BCUT2D eigenvalue weighted by molar-refractivity contribution is 7.80. The number of rotatable bonds is 6. The molecule has 110 valence electrons. The fourth-order valence-electron chi connectivity index (χ4n) is 1.52. The van der Waals surface area contributed by atoms with E-state index in [9.17, 15) is 4.79 Å². The van der Waals surface area contributed by atoms with Gasteiger partial charge in [0.25, 0.3) is 0 Å². The second-order valence-electron chi connectivity index (χ2n) is 3.97. The van der Waals surface area contributed by atoms with Gasteiger partial charge in [0, 0.05) is 26.3 Å². The van der Waals surface area contributed by atoms with E-state index in [1.807, 2.05) is 0 Å². The summed E-state index contributed by atoms with van der Waals surface area (Å²) in [6, 6.07) is 5.27. The second-order valence-corrected chi connectivity index (χ2v) is 4.38. The van der Waals surface area contributed by atoms with Crippen molar-refractivity contribution >= 4 is 34.6 Å². The average Bonchev–Trinajstić information content (AvgIpc) is 2.38. The molecule has 0 bridgehead atoms. The number of carbonyl (C=O) groups excluding carboxylic acids is 1. The topological polar surface area (TPSA) is 71.6 Å². The molecule has 0 saturated heterocycles. The van der Waals surface area contributed by atoms with Crippen molar-refractivity contribution in [2.24, 2.45) is 0 Å². The molecule has 0 aliphatic heterocycles. The number of nitrogens with one attached hydrogen (secondary N) is 3. The first-order chi connectivity index (χ1) is 9.56. The number of anilines is 2. The largest absolute Gasteiger partial charge is 0.495 e. The molecule has 0 spiro atoms. The molecule has 0 aromatic heterocycles. The van der Waals surface area contributed by atoms with Crippen LogP contribution in [-0.2, 0) is 9.53 Å². The van der Waals surface area contributed by atoms with E-state index in [1.165, 1.54) is 6.92 Å². The minimum absolute atomic E-state index is 0.137. The highest BCUT2D eigenvalue weighted by Gasteiger charge is 2.07. The van der Waals surface area contributed by atoms with Gasteiger partial charge in [0.2, 0.25) is 5.91 Å². The molecule has 20 heavy (non-hydrogen) atoms. The molecule has 1 amide bonds. The molecule has 7 heteroatoms. The fourth-order valence-corrected chi connectivity index (χ4v) is 1.73. The van der Waals surface area contributed by atoms with Crippen molar-refractivity contribution in [3.63, 3.8) is 0 Å². The van der Waals surface area contributed by atoms with E-state index in [0.29, 0.717) is 35.4 Å². The molecular formula is C13H19N3O3S. The van der Waals surface area contributed by atoms with Crippen LogP contribution in [-0.4, -0.2) is 38.4 Å². The number of amides is 1. The summed E-state index contributed by atoms with van der Waals surface area (Å²) < 4.78 is 10.2. The van der Waals surface area contributed by atoms with Crippen molar-refractivity contribution in [2.75, 3.05) is 38.0 Å². The minimum Gasteiger partial charge on any atom is -0.495 e. The molecule has 1 rings (SSSR count). The number of hydrogen-bond acceptors (Lipinski definition) is 4. The molecule has 0 unspecified atom stereocenters. The Bertz CT molecular complexity index is 480. The Morgan fingerprint density at radius 3 is 2.65 bits per heavy atom. The first kappa shape index (κ1) is 16.2. The fraction of sp³-hybridized carbons (Fsp3) is 0.385. The lowest BCUT2D eigenvalue weighted by atomic mass is 10.2. The molecule has 0 heterocycles. The van der Waals surface area contributed by atoms with Crippen LogP contribution < -0.4 is 20.7 Å². The van der Waals surface area contributed by atoms with E-state index in [0.717, 1.165) is 0 Å². The zero-order valence-corrected chi connectivity index (χ0v) is 12.6. The van der Waals surface area contributed by atoms with E-state index in [1.54, 1.807) is 32.4 Å². The highest BCUT2D eigenvalue weighted by Crippen LogP contribution is 2.27. The maximum atomic E-state index is 11.1. The average molecular weight is 297 g/mol. The zero-order chi connectivity index (χ0) is 15.0. The first-order valence-electron chi connectivity index (χ1n) is 6.06. The van der Waals surface area contributed by atoms with Crippen molar-refractivity contribution in [3.8, 4) is 5.75 Å². The lowest BCUT2D eigenvalue weighted by Gasteiger charge is -2.14. The smallest absolute Gasteiger partial charge is 0.221 e. The highest BCUT2D eigenvalue weighted by atomic mass is 32.1. The third-order valence-electron chi connectivity index (χ3n) is 2.36. The summed E-state index contributed by atoms with van der Waals surface area (Å²) in [7, 11) is 3.19. The molecule has 1 aromatic carbocycles. The maximum Gasteiger partial charge on any atom is 0.221 e. The Hall–Kier alpha value is -1.86. The van der Waals surface area contributed by atoms with Gasteiger partial charge in [0.05, 0.1) is 19.4 Å². The summed E-state index contributed by atoms with van der Waals surface area (Å²) in [6.07, 6.45) is 0. The van der Waals surface area contributed by atoms with Gasteiger partial charge in [-0.15, -0.1) is 0 Å².